The first-order chi connectivity index (χ1) is 7.99. The van der Waals surface area contributed by atoms with Crippen LogP contribution in [0.5, 0.6) is 0 Å². The van der Waals surface area contributed by atoms with Crippen LogP contribution >= 0.6 is 0 Å². The Kier molecular flexibility index (Phi) is 4.63. The third-order valence-corrected chi connectivity index (χ3v) is 2.29. The Morgan fingerprint density at radius 2 is 2.18 bits per heavy atom. The lowest BCUT2D eigenvalue weighted by atomic mass is 10.2. The van der Waals surface area contributed by atoms with Crippen LogP contribution in [0.3, 0.4) is 0 Å². The molecule has 2 N–H and O–H groups in total. The number of nitrogens with zero attached hydrogens (tertiary/aromatic N) is 1. The van der Waals surface area contributed by atoms with Crippen LogP contribution in [0.15, 0.2) is 18.2 Å². The number of amides is 1. The standard InChI is InChI=1S/C12H16N2O3/c1-8-4-3-5-10(13-8)12(17)14-9(2)6-7-11(15)16/h3-5,9H,6-7H2,1-2H3,(H,14,17)(H,15,16). The summed E-state index contributed by atoms with van der Waals surface area (Å²) in [5.74, 6) is -1.13. The second-order valence-electron chi connectivity index (χ2n) is 3.97. The summed E-state index contributed by atoms with van der Waals surface area (Å²) in [6.45, 7) is 3.58. The molecular weight excluding hydrogens is 220 g/mol. The second kappa shape index (κ2) is 5.98. The van der Waals surface area contributed by atoms with Gasteiger partial charge in [0, 0.05) is 18.2 Å². The first-order valence-corrected chi connectivity index (χ1v) is 5.45. The highest BCUT2D eigenvalue weighted by molar-refractivity contribution is 5.92. The van der Waals surface area contributed by atoms with E-state index in [1.807, 2.05) is 13.0 Å². The molecule has 0 aliphatic heterocycles. The van der Waals surface area contributed by atoms with Gasteiger partial charge in [-0.25, -0.2) is 4.98 Å². The van der Waals surface area contributed by atoms with Crippen molar-refractivity contribution in [3.05, 3.63) is 29.6 Å². The maximum Gasteiger partial charge on any atom is 0.303 e. The molecule has 1 atom stereocenters. The van der Waals surface area contributed by atoms with Gasteiger partial charge in [0.25, 0.3) is 5.91 Å². The zero-order valence-electron chi connectivity index (χ0n) is 9.93. The van der Waals surface area contributed by atoms with Gasteiger partial charge in [-0.05, 0) is 32.4 Å². The maximum atomic E-state index is 11.7. The van der Waals surface area contributed by atoms with Crippen LogP contribution in [0.1, 0.15) is 35.9 Å². The first kappa shape index (κ1) is 13.2. The van der Waals surface area contributed by atoms with Crippen LogP contribution in [0.4, 0.5) is 0 Å². The lowest BCUT2D eigenvalue weighted by Crippen LogP contribution is -2.33. The molecule has 1 amide bonds. The Hall–Kier alpha value is -1.91. The lowest BCUT2D eigenvalue weighted by molar-refractivity contribution is -0.137. The number of carboxylic acids is 1. The average Bonchev–Trinajstić information content (AvgIpc) is 2.26. The SMILES string of the molecule is Cc1cccc(C(=O)NC(C)CCC(=O)O)n1. The molecule has 1 rings (SSSR count). The summed E-state index contributed by atoms with van der Waals surface area (Å²) in [4.78, 5) is 26.2. The normalized spacial score (nSPS) is 11.9. The van der Waals surface area contributed by atoms with Gasteiger partial charge in [-0.2, -0.15) is 0 Å². The molecule has 0 bridgehead atoms. The number of nitrogens with one attached hydrogen (secondary N) is 1. The number of pyridine rings is 1. The summed E-state index contributed by atoms with van der Waals surface area (Å²) in [5, 5.41) is 11.2. The highest BCUT2D eigenvalue weighted by Gasteiger charge is 2.11. The van der Waals surface area contributed by atoms with E-state index in [9.17, 15) is 9.59 Å². The highest BCUT2D eigenvalue weighted by Crippen LogP contribution is 2.01. The molecule has 0 aliphatic rings. The molecule has 0 aromatic carbocycles. The molecule has 0 fully saturated rings. The fraction of sp³-hybridized carbons (Fsp3) is 0.417. The summed E-state index contributed by atoms with van der Waals surface area (Å²) in [6, 6.07) is 5.02. The fourth-order valence-electron chi connectivity index (χ4n) is 1.38. The van der Waals surface area contributed by atoms with Crippen molar-refractivity contribution in [1.82, 2.24) is 10.3 Å². The molecular formula is C12H16N2O3. The van der Waals surface area contributed by atoms with E-state index in [0.29, 0.717) is 12.1 Å². The number of carbonyl (C=O) groups excluding carboxylic acids is 1. The van der Waals surface area contributed by atoms with Gasteiger partial charge < -0.3 is 10.4 Å². The summed E-state index contributed by atoms with van der Waals surface area (Å²) < 4.78 is 0. The molecule has 1 aromatic heterocycles. The molecule has 0 aliphatic carbocycles. The van der Waals surface area contributed by atoms with Crippen molar-refractivity contribution in [2.45, 2.75) is 32.7 Å². The van der Waals surface area contributed by atoms with E-state index in [1.54, 1.807) is 19.1 Å². The summed E-state index contributed by atoms with van der Waals surface area (Å²) in [6.07, 6.45) is 0.454. The van der Waals surface area contributed by atoms with Gasteiger partial charge in [0.1, 0.15) is 5.69 Å². The zero-order valence-corrected chi connectivity index (χ0v) is 9.93. The minimum absolute atomic E-state index is 0.0443. The molecule has 1 unspecified atom stereocenters. The predicted octanol–water partition coefficient (Wildman–Crippen LogP) is 1.37. The molecule has 0 saturated carbocycles. The third kappa shape index (κ3) is 4.63. The van der Waals surface area contributed by atoms with E-state index < -0.39 is 5.97 Å². The van der Waals surface area contributed by atoms with Crippen LogP contribution in [0, 0.1) is 6.92 Å². The Bertz CT molecular complexity index is 418. The van der Waals surface area contributed by atoms with Crippen LogP contribution < -0.4 is 5.32 Å². The van der Waals surface area contributed by atoms with E-state index >= 15 is 0 Å². The Balaban J connectivity index is 2.51. The van der Waals surface area contributed by atoms with Crippen LogP contribution in [-0.4, -0.2) is 28.0 Å². The monoisotopic (exact) mass is 236 g/mol. The molecule has 0 saturated heterocycles. The number of aromatic nitrogens is 1. The summed E-state index contributed by atoms with van der Waals surface area (Å²) in [7, 11) is 0. The lowest BCUT2D eigenvalue weighted by Gasteiger charge is -2.12. The predicted molar refractivity (Wildman–Crippen MR) is 62.8 cm³/mol. The summed E-state index contributed by atoms with van der Waals surface area (Å²) in [5.41, 5.74) is 1.13. The van der Waals surface area contributed by atoms with Crippen molar-refractivity contribution in [3.8, 4) is 0 Å². The zero-order chi connectivity index (χ0) is 12.8. The first-order valence-electron chi connectivity index (χ1n) is 5.45. The molecule has 17 heavy (non-hydrogen) atoms. The number of carbonyl (C=O) groups is 2. The molecule has 92 valence electrons. The molecule has 0 radical (unpaired) electrons. The van der Waals surface area contributed by atoms with Crippen molar-refractivity contribution in [2.75, 3.05) is 0 Å². The number of hydrogen-bond acceptors (Lipinski definition) is 3. The highest BCUT2D eigenvalue weighted by atomic mass is 16.4. The van der Waals surface area contributed by atoms with Crippen molar-refractivity contribution in [2.24, 2.45) is 0 Å². The molecule has 0 spiro atoms. The van der Waals surface area contributed by atoms with Crippen molar-refractivity contribution < 1.29 is 14.7 Å². The van der Waals surface area contributed by atoms with Crippen molar-refractivity contribution in [3.63, 3.8) is 0 Å². The van der Waals surface area contributed by atoms with Gasteiger partial charge in [0.2, 0.25) is 0 Å². The minimum Gasteiger partial charge on any atom is -0.481 e. The Labute approximate surface area is 99.9 Å². The van der Waals surface area contributed by atoms with Gasteiger partial charge in [0.05, 0.1) is 0 Å². The number of hydrogen-bond donors (Lipinski definition) is 2. The van der Waals surface area contributed by atoms with Gasteiger partial charge in [-0.3, -0.25) is 9.59 Å². The number of aryl methyl sites for hydroxylation is 1. The average molecular weight is 236 g/mol. The minimum atomic E-state index is -0.861. The summed E-state index contributed by atoms with van der Waals surface area (Å²) >= 11 is 0. The van der Waals surface area contributed by atoms with Gasteiger partial charge >= 0.3 is 5.97 Å². The van der Waals surface area contributed by atoms with Crippen LogP contribution in [-0.2, 0) is 4.79 Å². The second-order valence-corrected chi connectivity index (χ2v) is 3.97. The van der Waals surface area contributed by atoms with E-state index in [2.05, 4.69) is 10.3 Å². The number of aliphatic carboxylic acids is 1. The molecule has 5 nitrogen and oxygen atoms in total. The van der Waals surface area contributed by atoms with E-state index in [4.69, 9.17) is 5.11 Å². The quantitative estimate of drug-likeness (QED) is 0.809. The largest absolute Gasteiger partial charge is 0.481 e. The molecule has 1 heterocycles. The van der Waals surface area contributed by atoms with Gasteiger partial charge in [-0.15, -0.1) is 0 Å². The van der Waals surface area contributed by atoms with Crippen LogP contribution in [0.2, 0.25) is 0 Å². The van der Waals surface area contributed by atoms with Gasteiger partial charge in [-0.1, -0.05) is 6.07 Å². The van der Waals surface area contributed by atoms with E-state index in [-0.39, 0.29) is 18.4 Å². The fourth-order valence-corrected chi connectivity index (χ4v) is 1.38. The number of carboxylic acid groups (broad SMARTS) is 1. The molecule has 5 heteroatoms. The van der Waals surface area contributed by atoms with Crippen molar-refractivity contribution >= 4 is 11.9 Å². The smallest absolute Gasteiger partial charge is 0.303 e. The van der Waals surface area contributed by atoms with Crippen molar-refractivity contribution in [1.29, 1.82) is 0 Å². The topological polar surface area (TPSA) is 79.3 Å². The number of rotatable bonds is 5. The van der Waals surface area contributed by atoms with Crippen LogP contribution in [0.25, 0.3) is 0 Å². The maximum absolute atomic E-state index is 11.7. The Morgan fingerprint density at radius 1 is 1.47 bits per heavy atom. The van der Waals surface area contributed by atoms with Gasteiger partial charge in [0.15, 0.2) is 0 Å². The van der Waals surface area contributed by atoms with E-state index in [0.717, 1.165) is 5.69 Å². The third-order valence-electron chi connectivity index (χ3n) is 2.29. The Morgan fingerprint density at radius 3 is 2.76 bits per heavy atom. The van der Waals surface area contributed by atoms with E-state index in [1.165, 1.54) is 0 Å². The molecule has 1 aromatic rings.